The lowest BCUT2D eigenvalue weighted by molar-refractivity contribution is 0.0505. The van der Waals surface area contributed by atoms with Gasteiger partial charge >= 0.3 is 6.09 Å². The van der Waals surface area contributed by atoms with Gasteiger partial charge in [-0.1, -0.05) is 12.1 Å². The number of aromatic nitrogens is 3. The molecular formula is C28H35N7O5. The third-order valence-electron chi connectivity index (χ3n) is 5.81. The van der Waals surface area contributed by atoms with Gasteiger partial charge in [-0.05, 0) is 45.9 Å². The quantitative estimate of drug-likeness (QED) is 0.380. The SMILES string of the molecule is CC(CNC(=O)OC(C)(C)C)Oc1cccc(-c2cnc(N)c(C(=O)Nc3cnccc3N3CCOCC3)n2)c1. The minimum absolute atomic E-state index is 0.00414. The molecule has 0 aliphatic carbocycles. The van der Waals surface area contributed by atoms with Gasteiger partial charge in [0, 0.05) is 24.8 Å². The van der Waals surface area contributed by atoms with Crippen molar-refractivity contribution < 1.29 is 23.8 Å². The summed E-state index contributed by atoms with van der Waals surface area (Å²) >= 11 is 0. The van der Waals surface area contributed by atoms with Crippen LogP contribution in [0.5, 0.6) is 5.75 Å². The molecule has 3 aromatic rings. The number of amides is 2. The van der Waals surface area contributed by atoms with Gasteiger partial charge in [-0.2, -0.15) is 0 Å². The molecule has 212 valence electrons. The summed E-state index contributed by atoms with van der Waals surface area (Å²) in [7, 11) is 0. The topological polar surface area (TPSA) is 154 Å². The first-order valence-corrected chi connectivity index (χ1v) is 13.0. The van der Waals surface area contributed by atoms with Crippen molar-refractivity contribution >= 4 is 29.2 Å². The minimum Gasteiger partial charge on any atom is -0.489 e. The maximum Gasteiger partial charge on any atom is 0.407 e. The molecule has 2 aromatic heterocycles. The lowest BCUT2D eigenvalue weighted by Gasteiger charge is -2.30. The number of rotatable bonds is 8. The smallest absolute Gasteiger partial charge is 0.407 e. The van der Waals surface area contributed by atoms with E-state index in [-0.39, 0.29) is 24.2 Å². The molecule has 4 N–H and O–H groups in total. The Morgan fingerprint density at radius 1 is 1.18 bits per heavy atom. The number of alkyl carbamates (subject to hydrolysis) is 1. The van der Waals surface area contributed by atoms with E-state index in [1.807, 2.05) is 19.1 Å². The molecule has 40 heavy (non-hydrogen) atoms. The van der Waals surface area contributed by atoms with Gasteiger partial charge in [0.25, 0.3) is 5.91 Å². The number of hydrogen-bond acceptors (Lipinski definition) is 10. The van der Waals surface area contributed by atoms with Crippen molar-refractivity contribution in [1.82, 2.24) is 20.3 Å². The lowest BCUT2D eigenvalue weighted by atomic mass is 10.1. The van der Waals surface area contributed by atoms with Crippen molar-refractivity contribution in [3.63, 3.8) is 0 Å². The Morgan fingerprint density at radius 3 is 2.70 bits per heavy atom. The van der Waals surface area contributed by atoms with Crippen LogP contribution in [0.4, 0.5) is 22.0 Å². The monoisotopic (exact) mass is 549 g/mol. The van der Waals surface area contributed by atoms with Crippen LogP contribution in [0.3, 0.4) is 0 Å². The second kappa shape index (κ2) is 12.6. The van der Waals surface area contributed by atoms with Crippen LogP contribution in [0.15, 0.2) is 48.9 Å². The third kappa shape index (κ3) is 7.79. The molecular weight excluding hydrogens is 514 g/mol. The summed E-state index contributed by atoms with van der Waals surface area (Å²) < 4.78 is 16.7. The summed E-state index contributed by atoms with van der Waals surface area (Å²) in [5.41, 5.74) is 7.98. The first kappa shape index (κ1) is 28.6. The van der Waals surface area contributed by atoms with Gasteiger partial charge in [0.05, 0.1) is 49.2 Å². The Bertz CT molecular complexity index is 1340. The van der Waals surface area contributed by atoms with Crippen molar-refractivity contribution in [2.75, 3.05) is 48.8 Å². The molecule has 12 heteroatoms. The molecule has 1 saturated heterocycles. The van der Waals surface area contributed by atoms with Crippen molar-refractivity contribution in [2.45, 2.75) is 39.4 Å². The van der Waals surface area contributed by atoms with Gasteiger partial charge in [-0.25, -0.2) is 14.8 Å². The Kier molecular flexibility index (Phi) is 9.00. The third-order valence-corrected chi connectivity index (χ3v) is 5.81. The number of hydrogen-bond donors (Lipinski definition) is 3. The largest absolute Gasteiger partial charge is 0.489 e. The Labute approximate surface area is 233 Å². The molecule has 1 aromatic carbocycles. The summed E-state index contributed by atoms with van der Waals surface area (Å²) in [6, 6.07) is 9.06. The van der Waals surface area contributed by atoms with Gasteiger partial charge in [0.2, 0.25) is 0 Å². The van der Waals surface area contributed by atoms with Gasteiger partial charge in [0.1, 0.15) is 17.5 Å². The molecule has 1 aliphatic heterocycles. The number of nitrogens with one attached hydrogen (secondary N) is 2. The van der Waals surface area contributed by atoms with Crippen molar-refractivity contribution in [3.05, 3.63) is 54.6 Å². The first-order chi connectivity index (χ1) is 19.1. The first-order valence-electron chi connectivity index (χ1n) is 13.0. The van der Waals surface area contributed by atoms with E-state index in [9.17, 15) is 9.59 Å². The number of nitrogens with two attached hydrogens (primary N) is 1. The van der Waals surface area contributed by atoms with Crippen LogP contribution < -0.4 is 26.0 Å². The standard InChI is InChI=1S/C28H35N7O5/c1-18(15-32-27(37)40-28(2,3)4)39-20-7-5-6-19(14-20)21-17-31-25(29)24(33-21)26(36)34-22-16-30-9-8-23(22)35-10-12-38-13-11-35/h5-9,14,16-18H,10-13,15H2,1-4H3,(H2,29,31)(H,32,37)(H,34,36). The van der Waals surface area contributed by atoms with Crippen LogP contribution in [-0.2, 0) is 9.47 Å². The Balaban J connectivity index is 1.45. The van der Waals surface area contributed by atoms with Crippen LogP contribution in [0, 0.1) is 0 Å². The Hall–Kier alpha value is -4.45. The minimum atomic E-state index is -0.582. The van der Waals surface area contributed by atoms with Gasteiger partial charge in [-0.15, -0.1) is 0 Å². The van der Waals surface area contributed by atoms with E-state index in [1.165, 1.54) is 6.20 Å². The number of nitrogens with zero attached hydrogens (tertiary/aromatic N) is 4. The van der Waals surface area contributed by atoms with Gasteiger partial charge < -0.3 is 35.5 Å². The fraction of sp³-hybridized carbons (Fsp3) is 0.393. The molecule has 1 atom stereocenters. The molecule has 0 saturated carbocycles. The summed E-state index contributed by atoms with van der Waals surface area (Å²) in [5.74, 6) is 0.0713. The van der Waals surface area contributed by atoms with Crippen LogP contribution in [0.2, 0.25) is 0 Å². The van der Waals surface area contributed by atoms with Crippen molar-refractivity contribution in [1.29, 1.82) is 0 Å². The number of carbonyl (C=O) groups excluding carboxylic acids is 2. The fourth-order valence-corrected chi connectivity index (χ4v) is 3.99. The van der Waals surface area contributed by atoms with E-state index in [2.05, 4.69) is 30.5 Å². The van der Waals surface area contributed by atoms with E-state index < -0.39 is 17.6 Å². The molecule has 2 amide bonds. The number of pyridine rings is 1. The number of nitrogen functional groups attached to an aromatic ring is 1. The highest BCUT2D eigenvalue weighted by Gasteiger charge is 2.20. The number of benzene rings is 1. The average Bonchev–Trinajstić information content (AvgIpc) is 2.92. The van der Waals surface area contributed by atoms with E-state index in [0.717, 1.165) is 5.69 Å². The maximum atomic E-state index is 13.2. The highest BCUT2D eigenvalue weighted by atomic mass is 16.6. The summed E-state index contributed by atoms with van der Waals surface area (Å²) in [6.07, 6.45) is 3.93. The molecule has 12 nitrogen and oxygen atoms in total. The number of carbonyl (C=O) groups is 2. The lowest BCUT2D eigenvalue weighted by Crippen LogP contribution is -2.37. The second-order valence-electron chi connectivity index (χ2n) is 10.3. The van der Waals surface area contributed by atoms with E-state index in [1.54, 1.807) is 51.4 Å². The van der Waals surface area contributed by atoms with Crippen molar-refractivity contribution in [2.24, 2.45) is 0 Å². The second-order valence-corrected chi connectivity index (χ2v) is 10.3. The number of morpholine rings is 1. The zero-order valence-corrected chi connectivity index (χ0v) is 23.1. The summed E-state index contributed by atoms with van der Waals surface area (Å²) in [6.45, 7) is 10.1. The highest BCUT2D eigenvalue weighted by Crippen LogP contribution is 2.27. The highest BCUT2D eigenvalue weighted by molar-refractivity contribution is 6.07. The maximum absolute atomic E-state index is 13.2. The fourth-order valence-electron chi connectivity index (χ4n) is 3.99. The van der Waals surface area contributed by atoms with Crippen LogP contribution in [-0.4, -0.2) is 71.5 Å². The molecule has 0 bridgehead atoms. The predicted octanol–water partition coefficient (Wildman–Crippen LogP) is 3.50. The molecule has 1 fully saturated rings. The Morgan fingerprint density at radius 2 is 1.95 bits per heavy atom. The molecule has 3 heterocycles. The van der Waals surface area contributed by atoms with Crippen LogP contribution >= 0.6 is 0 Å². The van der Waals surface area contributed by atoms with Gasteiger partial charge in [0.15, 0.2) is 11.5 Å². The van der Waals surface area contributed by atoms with Crippen LogP contribution in [0.1, 0.15) is 38.2 Å². The molecule has 0 radical (unpaired) electrons. The summed E-state index contributed by atoms with van der Waals surface area (Å²) in [4.78, 5) is 40.2. The normalized spacial score (nSPS) is 14.2. The predicted molar refractivity (Wildman–Crippen MR) is 151 cm³/mol. The van der Waals surface area contributed by atoms with E-state index in [0.29, 0.717) is 49.0 Å². The zero-order valence-electron chi connectivity index (χ0n) is 23.1. The molecule has 4 rings (SSSR count). The molecule has 1 unspecified atom stereocenters. The molecule has 0 spiro atoms. The summed E-state index contributed by atoms with van der Waals surface area (Å²) in [5, 5.41) is 5.58. The van der Waals surface area contributed by atoms with Crippen LogP contribution in [0.25, 0.3) is 11.3 Å². The number of ether oxygens (including phenoxy) is 3. The molecule has 1 aliphatic rings. The van der Waals surface area contributed by atoms with Crippen molar-refractivity contribution in [3.8, 4) is 17.0 Å². The van der Waals surface area contributed by atoms with E-state index >= 15 is 0 Å². The zero-order chi connectivity index (χ0) is 28.7. The average molecular weight is 550 g/mol. The van der Waals surface area contributed by atoms with Gasteiger partial charge in [-0.3, -0.25) is 9.78 Å². The number of anilines is 3. The van der Waals surface area contributed by atoms with E-state index in [4.69, 9.17) is 19.9 Å².